The molecule has 0 bridgehead atoms. The highest BCUT2D eigenvalue weighted by Gasteiger charge is 2.11. The second-order valence-electron chi connectivity index (χ2n) is 4.77. The monoisotopic (exact) mass is 331 g/mol. The molecule has 1 amide bonds. The van der Waals surface area contributed by atoms with Crippen molar-refractivity contribution >= 4 is 35.1 Å². The number of halogens is 2. The van der Waals surface area contributed by atoms with Crippen molar-refractivity contribution in [2.24, 2.45) is 0 Å². The molecule has 0 saturated heterocycles. The maximum atomic E-state index is 11.9. The predicted octanol–water partition coefficient (Wildman–Crippen LogP) is 4.15. The number of aliphatic carboxylic acids is 1. The SMILES string of the molecule is O=C(O)CCCCCCCNC(=O)c1cccc(Cl)c1Cl. The molecule has 0 fully saturated rings. The highest BCUT2D eigenvalue weighted by molar-refractivity contribution is 6.43. The molecule has 0 atom stereocenters. The van der Waals surface area contributed by atoms with Gasteiger partial charge in [0.05, 0.1) is 15.6 Å². The van der Waals surface area contributed by atoms with E-state index in [4.69, 9.17) is 28.3 Å². The van der Waals surface area contributed by atoms with Crippen LogP contribution in [0.25, 0.3) is 0 Å². The van der Waals surface area contributed by atoms with E-state index in [1.54, 1.807) is 18.2 Å². The Morgan fingerprint density at radius 3 is 2.43 bits per heavy atom. The molecule has 21 heavy (non-hydrogen) atoms. The lowest BCUT2D eigenvalue weighted by molar-refractivity contribution is -0.137. The van der Waals surface area contributed by atoms with E-state index < -0.39 is 5.97 Å². The van der Waals surface area contributed by atoms with Crippen LogP contribution in [0, 0.1) is 0 Å². The van der Waals surface area contributed by atoms with Gasteiger partial charge < -0.3 is 10.4 Å². The normalized spacial score (nSPS) is 10.4. The summed E-state index contributed by atoms with van der Waals surface area (Å²) in [7, 11) is 0. The third-order valence-corrected chi connectivity index (χ3v) is 3.87. The van der Waals surface area contributed by atoms with E-state index in [0.717, 1.165) is 25.7 Å². The van der Waals surface area contributed by atoms with Crippen molar-refractivity contribution in [3.05, 3.63) is 33.8 Å². The van der Waals surface area contributed by atoms with Crippen LogP contribution in [0.5, 0.6) is 0 Å². The highest BCUT2D eigenvalue weighted by atomic mass is 35.5. The molecule has 4 nitrogen and oxygen atoms in total. The van der Waals surface area contributed by atoms with E-state index >= 15 is 0 Å². The number of benzene rings is 1. The minimum Gasteiger partial charge on any atom is -0.481 e. The number of hydrogen-bond acceptors (Lipinski definition) is 2. The number of carbonyl (C=O) groups excluding carboxylic acids is 1. The topological polar surface area (TPSA) is 66.4 Å². The van der Waals surface area contributed by atoms with E-state index in [-0.39, 0.29) is 17.4 Å². The highest BCUT2D eigenvalue weighted by Crippen LogP contribution is 2.25. The van der Waals surface area contributed by atoms with Gasteiger partial charge in [0, 0.05) is 13.0 Å². The number of carboxylic acids is 1. The molecule has 1 rings (SSSR count). The summed E-state index contributed by atoms with van der Waals surface area (Å²) in [6.07, 6.45) is 4.63. The van der Waals surface area contributed by atoms with Crippen molar-refractivity contribution < 1.29 is 14.7 Å². The van der Waals surface area contributed by atoms with Crippen LogP contribution in [0.2, 0.25) is 10.0 Å². The largest absolute Gasteiger partial charge is 0.481 e. The van der Waals surface area contributed by atoms with Crippen LogP contribution in [0.4, 0.5) is 0 Å². The molecule has 0 spiro atoms. The Kier molecular flexibility index (Phi) is 8.16. The van der Waals surface area contributed by atoms with E-state index in [0.29, 0.717) is 23.6 Å². The molecular weight excluding hydrogens is 313 g/mol. The zero-order valence-electron chi connectivity index (χ0n) is 11.7. The molecule has 0 aliphatic rings. The molecular formula is C15H19Cl2NO3. The number of carboxylic acid groups (broad SMARTS) is 1. The molecule has 1 aromatic rings. The van der Waals surface area contributed by atoms with Gasteiger partial charge in [-0.2, -0.15) is 0 Å². The maximum absolute atomic E-state index is 11.9. The number of amides is 1. The molecule has 0 heterocycles. The van der Waals surface area contributed by atoms with Gasteiger partial charge >= 0.3 is 5.97 Å². The Hall–Kier alpha value is -1.26. The Labute approximate surface area is 134 Å². The average Bonchev–Trinajstić information content (AvgIpc) is 2.44. The van der Waals surface area contributed by atoms with Crippen molar-refractivity contribution in [2.75, 3.05) is 6.54 Å². The summed E-state index contributed by atoms with van der Waals surface area (Å²) in [5.41, 5.74) is 0.380. The van der Waals surface area contributed by atoms with Crippen LogP contribution in [-0.4, -0.2) is 23.5 Å². The molecule has 1 aromatic carbocycles. The van der Waals surface area contributed by atoms with Crippen LogP contribution in [0.15, 0.2) is 18.2 Å². The second kappa shape index (κ2) is 9.64. The molecule has 116 valence electrons. The third kappa shape index (κ3) is 6.82. The Morgan fingerprint density at radius 1 is 1.05 bits per heavy atom. The maximum Gasteiger partial charge on any atom is 0.303 e. The number of hydrogen-bond donors (Lipinski definition) is 2. The zero-order chi connectivity index (χ0) is 15.7. The molecule has 0 aromatic heterocycles. The van der Waals surface area contributed by atoms with Gasteiger partial charge in [-0.3, -0.25) is 9.59 Å². The average molecular weight is 332 g/mol. The first kappa shape index (κ1) is 17.8. The van der Waals surface area contributed by atoms with Crippen molar-refractivity contribution in [2.45, 2.75) is 38.5 Å². The quantitative estimate of drug-likeness (QED) is 0.668. The van der Waals surface area contributed by atoms with Crippen molar-refractivity contribution in [1.82, 2.24) is 5.32 Å². The van der Waals surface area contributed by atoms with E-state index in [1.807, 2.05) is 0 Å². The van der Waals surface area contributed by atoms with Gasteiger partial charge in [0.1, 0.15) is 0 Å². The first-order valence-corrected chi connectivity index (χ1v) is 7.72. The van der Waals surface area contributed by atoms with Gasteiger partial charge in [-0.25, -0.2) is 0 Å². The molecule has 2 N–H and O–H groups in total. The molecule has 0 radical (unpaired) electrons. The fraction of sp³-hybridized carbons (Fsp3) is 0.467. The number of unbranched alkanes of at least 4 members (excludes halogenated alkanes) is 4. The van der Waals surface area contributed by atoms with E-state index in [1.165, 1.54) is 0 Å². The molecule has 0 unspecified atom stereocenters. The smallest absolute Gasteiger partial charge is 0.303 e. The summed E-state index contributed by atoms with van der Waals surface area (Å²) in [5, 5.41) is 11.9. The summed E-state index contributed by atoms with van der Waals surface area (Å²) < 4.78 is 0. The predicted molar refractivity (Wildman–Crippen MR) is 84.1 cm³/mol. The first-order valence-electron chi connectivity index (χ1n) is 6.96. The summed E-state index contributed by atoms with van der Waals surface area (Å²) in [6.45, 7) is 0.570. The first-order chi connectivity index (χ1) is 10.0. The van der Waals surface area contributed by atoms with Crippen molar-refractivity contribution in [3.8, 4) is 0 Å². The van der Waals surface area contributed by atoms with Crippen LogP contribution < -0.4 is 5.32 Å². The van der Waals surface area contributed by atoms with Gasteiger partial charge in [0.25, 0.3) is 5.91 Å². The van der Waals surface area contributed by atoms with Gasteiger partial charge in [-0.05, 0) is 25.0 Å². The third-order valence-electron chi connectivity index (χ3n) is 3.05. The molecule has 6 heteroatoms. The van der Waals surface area contributed by atoms with Crippen molar-refractivity contribution in [3.63, 3.8) is 0 Å². The molecule has 0 aliphatic heterocycles. The van der Waals surface area contributed by atoms with Gasteiger partial charge in [0.2, 0.25) is 0 Å². The van der Waals surface area contributed by atoms with E-state index in [2.05, 4.69) is 5.32 Å². The lowest BCUT2D eigenvalue weighted by Crippen LogP contribution is -2.24. The Morgan fingerprint density at radius 2 is 1.71 bits per heavy atom. The number of rotatable bonds is 9. The summed E-state index contributed by atoms with van der Waals surface area (Å²) >= 11 is 11.8. The minimum atomic E-state index is -0.749. The summed E-state index contributed by atoms with van der Waals surface area (Å²) in [4.78, 5) is 22.2. The second-order valence-corrected chi connectivity index (χ2v) is 5.55. The van der Waals surface area contributed by atoms with Gasteiger partial charge in [-0.1, -0.05) is 48.5 Å². The molecule has 0 saturated carbocycles. The fourth-order valence-corrected chi connectivity index (χ4v) is 2.29. The number of nitrogens with one attached hydrogen (secondary N) is 1. The van der Waals surface area contributed by atoms with Crippen molar-refractivity contribution in [1.29, 1.82) is 0 Å². The summed E-state index contributed by atoms with van der Waals surface area (Å²) in [6, 6.07) is 4.96. The van der Waals surface area contributed by atoms with Gasteiger partial charge in [-0.15, -0.1) is 0 Å². The fourth-order valence-electron chi connectivity index (χ4n) is 1.91. The number of carbonyl (C=O) groups is 2. The lowest BCUT2D eigenvalue weighted by atomic mass is 10.1. The standard InChI is InChI=1S/C15H19Cl2NO3/c16-12-8-6-7-11(14(12)17)15(21)18-10-5-3-1-2-4-9-13(19)20/h6-8H,1-5,9-10H2,(H,18,21)(H,19,20). The molecule has 0 aliphatic carbocycles. The van der Waals surface area contributed by atoms with Crippen LogP contribution in [-0.2, 0) is 4.79 Å². The Bertz CT molecular complexity index is 492. The van der Waals surface area contributed by atoms with Crippen LogP contribution >= 0.6 is 23.2 Å². The van der Waals surface area contributed by atoms with Crippen LogP contribution in [0.1, 0.15) is 48.9 Å². The Balaban J connectivity index is 2.17. The van der Waals surface area contributed by atoms with Gasteiger partial charge in [0.15, 0.2) is 0 Å². The zero-order valence-corrected chi connectivity index (χ0v) is 13.2. The van der Waals surface area contributed by atoms with Crippen LogP contribution in [0.3, 0.4) is 0 Å². The summed E-state index contributed by atoms with van der Waals surface area (Å²) in [5.74, 6) is -0.978. The lowest BCUT2D eigenvalue weighted by Gasteiger charge is -2.07. The van der Waals surface area contributed by atoms with E-state index in [9.17, 15) is 9.59 Å². The minimum absolute atomic E-state index is 0.226.